The van der Waals surface area contributed by atoms with Crippen molar-refractivity contribution in [3.63, 3.8) is 0 Å². The van der Waals surface area contributed by atoms with E-state index in [0.717, 1.165) is 57.8 Å². The van der Waals surface area contributed by atoms with Crippen molar-refractivity contribution in [1.82, 2.24) is 5.32 Å². The summed E-state index contributed by atoms with van der Waals surface area (Å²) in [4.78, 5) is 24.5. The molecule has 0 bridgehead atoms. The van der Waals surface area contributed by atoms with Crippen LogP contribution in [0.25, 0.3) is 0 Å². The summed E-state index contributed by atoms with van der Waals surface area (Å²) in [6.07, 6.45) is 76.9. The summed E-state index contributed by atoms with van der Waals surface area (Å²) in [5, 5.41) is 23.3. The van der Waals surface area contributed by atoms with E-state index >= 15 is 0 Å². The van der Waals surface area contributed by atoms with Gasteiger partial charge in [0.15, 0.2) is 0 Å². The Labute approximate surface area is 442 Å². The lowest BCUT2D eigenvalue weighted by atomic mass is 10.0. The normalized spacial score (nSPS) is 12.9. The molecule has 416 valence electrons. The highest BCUT2D eigenvalue weighted by Gasteiger charge is 2.20. The third-order valence-electron chi connectivity index (χ3n) is 14.4. The highest BCUT2D eigenvalue weighted by atomic mass is 16.5. The topological polar surface area (TPSA) is 95.9 Å². The standard InChI is InChI=1S/C65H121NO5/c1-3-5-7-9-11-13-15-17-30-35-39-43-47-51-55-59-65(70)71-60-56-52-48-44-40-36-32-29-27-25-23-21-19-20-22-24-26-28-31-34-38-42-46-50-54-58-64(69)66-62(61-67)63(68)57-53-49-45-41-37-33-18-16-14-12-10-8-6-4-2/h11,13,17,20-23,30,62-63,67-68H,3-10,12,14-16,18-19,24-29,31-61H2,1-2H3,(H,66,69)/b13-11-,22-20-,23-21-,30-17-. The Kier molecular flexibility index (Phi) is 58.5. The van der Waals surface area contributed by atoms with Gasteiger partial charge < -0.3 is 20.3 Å². The van der Waals surface area contributed by atoms with Crippen LogP contribution in [-0.4, -0.2) is 47.4 Å². The van der Waals surface area contributed by atoms with Gasteiger partial charge in [0.2, 0.25) is 5.91 Å². The minimum absolute atomic E-state index is 0.00527. The first kappa shape index (κ1) is 68.8. The zero-order valence-electron chi connectivity index (χ0n) is 47.5. The van der Waals surface area contributed by atoms with Gasteiger partial charge >= 0.3 is 5.97 Å². The van der Waals surface area contributed by atoms with E-state index in [1.54, 1.807) is 0 Å². The lowest BCUT2D eigenvalue weighted by molar-refractivity contribution is -0.143. The molecule has 0 fully saturated rings. The van der Waals surface area contributed by atoms with Gasteiger partial charge in [0.25, 0.3) is 0 Å². The maximum atomic E-state index is 12.5. The van der Waals surface area contributed by atoms with Gasteiger partial charge in [-0.05, 0) is 89.9 Å². The predicted octanol–water partition coefficient (Wildman–Crippen LogP) is 19.7. The number of rotatable bonds is 58. The fourth-order valence-electron chi connectivity index (χ4n) is 9.52. The minimum atomic E-state index is -0.669. The van der Waals surface area contributed by atoms with Crippen molar-refractivity contribution in [2.75, 3.05) is 13.2 Å². The Bertz CT molecular complexity index is 1190. The lowest BCUT2D eigenvalue weighted by Gasteiger charge is -2.22. The number of ether oxygens (including phenoxy) is 1. The monoisotopic (exact) mass is 996 g/mol. The van der Waals surface area contributed by atoms with Crippen molar-refractivity contribution < 1.29 is 24.5 Å². The summed E-state index contributed by atoms with van der Waals surface area (Å²) in [6, 6.07) is -0.546. The number of nitrogens with one attached hydrogen (secondary N) is 1. The van der Waals surface area contributed by atoms with E-state index in [1.165, 1.54) is 238 Å². The van der Waals surface area contributed by atoms with Crippen molar-refractivity contribution in [3.05, 3.63) is 48.6 Å². The summed E-state index contributed by atoms with van der Waals surface area (Å²) in [5.41, 5.74) is 0. The van der Waals surface area contributed by atoms with Crippen molar-refractivity contribution in [2.24, 2.45) is 0 Å². The highest BCUT2D eigenvalue weighted by Crippen LogP contribution is 2.17. The fraction of sp³-hybridized carbons (Fsp3) is 0.846. The Balaban J connectivity index is 3.44. The molecule has 2 unspecified atom stereocenters. The zero-order chi connectivity index (χ0) is 51.4. The molecule has 0 rings (SSSR count). The summed E-state index contributed by atoms with van der Waals surface area (Å²) < 4.78 is 5.47. The molecule has 0 aliphatic heterocycles. The second kappa shape index (κ2) is 60.4. The van der Waals surface area contributed by atoms with Gasteiger partial charge in [-0.3, -0.25) is 9.59 Å². The molecule has 0 saturated heterocycles. The molecule has 0 aromatic rings. The Hall–Kier alpha value is -2.18. The van der Waals surface area contributed by atoms with Gasteiger partial charge in [0.1, 0.15) is 0 Å². The molecule has 0 aliphatic rings. The summed E-state index contributed by atoms with van der Waals surface area (Å²) in [7, 11) is 0. The minimum Gasteiger partial charge on any atom is -0.466 e. The van der Waals surface area contributed by atoms with Gasteiger partial charge in [0.05, 0.1) is 25.4 Å². The van der Waals surface area contributed by atoms with Crippen LogP contribution in [0.3, 0.4) is 0 Å². The molecule has 0 spiro atoms. The molecule has 0 aromatic carbocycles. The van der Waals surface area contributed by atoms with E-state index in [2.05, 4.69) is 67.8 Å². The molecule has 0 saturated carbocycles. The van der Waals surface area contributed by atoms with Gasteiger partial charge in [-0.15, -0.1) is 0 Å². The SMILES string of the molecule is CCCCC/C=C\C/C=C\CCCCCCCC(=O)OCCCCCCCCCCC/C=C\C/C=C\CCCCCCCCCCCC(=O)NC(CO)C(O)CCCCCCCCCCCCCCCC. The molecule has 71 heavy (non-hydrogen) atoms. The fourth-order valence-corrected chi connectivity index (χ4v) is 9.52. The maximum absolute atomic E-state index is 12.5. The second-order valence-corrected chi connectivity index (χ2v) is 21.4. The van der Waals surface area contributed by atoms with Crippen LogP contribution in [0.2, 0.25) is 0 Å². The molecule has 1 amide bonds. The van der Waals surface area contributed by atoms with Crippen LogP contribution in [0.1, 0.15) is 328 Å². The number of esters is 1. The Morgan fingerprint density at radius 1 is 0.394 bits per heavy atom. The number of carbonyl (C=O) groups excluding carboxylic acids is 2. The second-order valence-electron chi connectivity index (χ2n) is 21.4. The average molecular weight is 997 g/mol. The van der Waals surface area contributed by atoms with Crippen LogP contribution in [-0.2, 0) is 14.3 Å². The number of amides is 1. The van der Waals surface area contributed by atoms with Gasteiger partial charge in [-0.1, -0.05) is 274 Å². The van der Waals surface area contributed by atoms with Crippen molar-refractivity contribution in [3.8, 4) is 0 Å². The quantitative estimate of drug-likeness (QED) is 0.0321. The first-order chi connectivity index (χ1) is 35.0. The first-order valence-corrected chi connectivity index (χ1v) is 31.4. The molecule has 0 aliphatic carbocycles. The molecule has 0 radical (unpaired) electrons. The average Bonchev–Trinajstić information content (AvgIpc) is 3.37. The molecule has 0 heterocycles. The van der Waals surface area contributed by atoms with Gasteiger partial charge in [0, 0.05) is 12.8 Å². The number of aliphatic hydroxyl groups excluding tert-OH is 2. The molecule has 6 nitrogen and oxygen atoms in total. The third-order valence-corrected chi connectivity index (χ3v) is 14.4. The number of hydrogen-bond acceptors (Lipinski definition) is 5. The van der Waals surface area contributed by atoms with Crippen LogP contribution < -0.4 is 5.32 Å². The Morgan fingerprint density at radius 3 is 1.10 bits per heavy atom. The van der Waals surface area contributed by atoms with E-state index in [9.17, 15) is 19.8 Å². The molecule has 0 aromatic heterocycles. The largest absolute Gasteiger partial charge is 0.466 e. The maximum Gasteiger partial charge on any atom is 0.305 e. The van der Waals surface area contributed by atoms with Crippen LogP contribution in [0.4, 0.5) is 0 Å². The van der Waals surface area contributed by atoms with Gasteiger partial charge in [-0.25, -0.2) is 0 Å². The van der Waals surface area contributed by atoms with Crippen LogP contribution in [0.5, 0.6) is 0 Å². The van der Waals surface area contributed by atoms with E-state index < -0.39 is 12.1 Å². The van der Waals surface area contributed by atoms with Crippen molar-refractivity contribution >= 4 is 11.9 Å². The Morgan fingerprint density at radius 2 is 0.704 bits per heavy atom. The highest BCUT2D eigenvalue weighted by molar-refractivity contribution is 5.76. The van der Waals surface area contributed by atoms with Crippen LogP contribution in [0.15, 0.2) is 48.6 Å². The van der Waals surface area contributed by atoms with E-state index in [0.29, 0.717) is 25.9 Å². The number of aliphatic hydroxyl groups is 2. The number of hydrogen-bond donors (Lipinski definition) is 3. The zero-order valence-corrected chi connectivity index (χ0v) is 47.5. The van der Waals surface area contributed by atoms with Crippen molar-refractivity contribution in [2.45, 2.75) is 341 Å². The number of unbranched alkanes of at least 4 members (excludes halogenated alkanes) is 39. The third kappa shape index (κ3) is 57.0. The van der Waals surface area contributed by atoms with Gasteiger partial charge in [-0.2, -0.15) is 0 Å². The van der Waals surface area contributed by atoms with Crippen LogP contribution >= 0.6 is 0 Å². The number of allylic oxidation sites excluding steroid dienone is 8. The molecule has 6 heteroatoms. The molecular formula is C65H121NO5. The summed E-state index contributed by atoms with van der Waals surface area (Å²) >= 11 is 0. The van der Waals surface area contributed by atoms with E-state index in [1.807, 2.05) is 0 Å². The number of carbonyl (C=O) groups is 2. The molecule has 2 atom stereocenters. The van der Waals surface area contributed by atoms with Crippen LogP contribution in [0, 0.1) is 0 Å². The smallest absolute Gasteiger partial charge is 0.305 e. The predicted molar refractivity (Wildman–Crippen MR) is 310 cm³/mol. The van der Waals surface area contributed by atoms with Crippen molar-refractivity contribution in [1.29, 1.82) is 0 Å². The summed E-state index contributed by atoms with van der Waals surface area (Å²) in [6.45, 7) is 4.92. The van der Waals surface area contributed by atoms with E-state index in [-0.39, 0.29) is 18.5 Å². The lowest BCUT2D eigenvalue weighted by Crippen LogP contribution is -2.45. The first-order valence-electron chi connectivity index (χ1n) is 31.4. The molecule has 3 N–H and O–H groups in total. The molecular weight excluding hydrogens is 875 g/mol. The van der Waals surface area contributed by atoms with E-state index in [4.69, 9.17) is 4.74 Å². The summed E-state index contributed by atoms with van der Waals surface area (Å²) in [5.74, 6) is -0.0459.